The molecule has 1 atom stereocenters. The minimum Gasteiger partial charge on any atom is -0.313 e. The first kappa shape index (κ1) is 15.1. The van der Waals surface area contributed by atoms with Gasteiger partial charge < -0.3 is 5.32 Å². The Hall–Kier alpha value is -1.32. The zero-order valence-electron chi connectivity index (χ0n) is 12.6. The zero-order valence-corrected chi connectivity index (χ0v) is 13.3. The van der Waals surface area contributed by atoms with Crippen molar-refractivity contribution in [2.24, 2.45) is 0 Å². The van der Waals surface area contributed by atoms with Crippen molar-refractivity contribution in [1.29, 1.82) is 0 Å². The highest BCUT2D eigenvalue weighted by Crippen LogP contribution is 2.24. The number of aryl methyl sites for hydroxylation is 3. The van der Waals surface area contributed by atoms with Crippen LogP contribution in [0.25, 0.3) is 0 Å². The molecule has 1 aromatic carbocycles. The first-order valence-corrected chi connectivity index (χ1v) is 7.39. The maximum Gasteiger partial charge on any atom is 0.0596 e. The lowest BCUT2D eigenvalue weighted by Gasteiger charge is -2.19. The van der Waals surface area contributed by atoms with E-state index in [-0.39, 0.29) is 6.04 Å². The highest BCUT2D eigenvalue weighted by atomic mass is 35.5. The van der Waals surface area contributed by atoms with Crippen molar-refractivity contribution in [3.63, 3.8) is 0 Å². The van der Waals surface area contributed by atoms with Crippen LogP contribution in [0.2, 0.25) is 5.02 Å². The van der Waals surface area contributed by atoms with Crippen molar-refractivity contribution in [1.82, 2.24) is 15.1 Å². The van der Waals surface area contributed by atoms with E-state index >= 15 is 0 Å². The summed E-state index contributed by atoms with van der Waals surface area (Å²) in [6, 6.07) is 8.52. The Morgan fingerprint density at radius 3 is 2.65 bits per heavy atom. The molecule has 108 valence electrons. The van der Waals surface area contributed by atoms with Crippen molar-refractivity contribution < 1.29 is 0 Å². The summed E-state index contributed by atoms with van der Waals surface area (Å²) in [7, 11) is 2.00. The summed E-state index contributed by atoms with van der Waals surface area (Å²) in [5, 5.41) is 8.71. The average Bonchev–Trinajstić information content (AvgIpc) is 2.76. The fourth-order valence-electron chi connectivity index (χ4n) is 2.64. The third-order valence-electron chi connectivity index (χ3n) is 3.65. The van der Waals surface area contributed by atoms with Gasteiger partial charge in [0.2, 0.25) is 0 Å². The van der Waals surface area contributed by atoms with Gasteiger partial charge in [-0.3, -0.25) is 4.68 Å². The molecule has 0 saturated carbocycles. The van der Waals surface area contributed by atoms with E-state index in [4.69, 9.17) is 11.6 Å². The molecule has 0 fully saturated rings. The number of nitrogens with zero attached hydrogens (tertiary/aromatic N) is 2. The van der Waals surface area contributed by atoms with Crippen LogP contribution >= 0.6 is 11.6 Å². The van der Waals surface area contributed by atoms with E-state index < -0.39 is 0 Å². The third-order valence-corrected chi connectivity index (χ3v) is 3.89. The predicted octanol–water partition coefficient (Wildman–Crippen LogP) is 3.68. The summed E-state index contributed by atoms with van der Waals surface area (Å²) in [6.45, 7) is 7.17. The van der Waals surface area contributed by atoms with E-state index in [0.29, 0.717) is 0 Å². The van der Waals surface area contributed by atoms with Gasteiger partial charge in [0.05, 0.1) is 5.69 Å². The second kappa shape index (κ2) is 6.42. The molecular weight excluding hydrogens is 270 g/mol. The lowest BCUT2D eigenvalue weighted by Crippen LogP contribution is -2.21. The Kier molecular flexibility index (Phi) is 4.84. The number of hydrogen-bond acceptors (Lipinski definition) is 2. The number of likely N-dealkylation sites (N-methyl/N-ethyl adjacent to an activating group) is 1. The molecule has 1 unspecified atom stereocenters. The molecule has 0 aliphatic carbocycles. The van der Waals surface area contributed by atoms with Crippen LogP contribution in [-0.2, 0) is 13.0 Å². The first-order chi connectivity index (χ1) is 9.55. The molecule has 1 heterocycles. The van der Waals surface area contributed by atoms with Gasteiger partial charge in [-0.1, -0.05) is 17.7 Å². The van der Waals surface area contributed by atoms with Crippen LogP contribution in [-0.4, -0.2) is 16.8 Å². The van der Waals surface area contributed by atoms with Gasteiger partial charge in [-0.05, 0) is 57.1 Å². The van der Waals surface area contributed by atoms with Crippen molar-refractivity contribution in [2.75, 3.05) is 7.05 Å². The van der Waals surface area contributed by atoms with Crippen LogP contribution in [0, 0.1) is 13.8 Å². The quantitative estimate of drug-likeness (QED) is 0.911. The maximum atomic E-state index is 6.04. The standard InChI is InChI=1S/C16H22ClN3/c1-5-20-14(9-12(3)19-20)10-16(18-4)15-7-6-13(17)8-11(15)2/h6-9,16,18H,5,10H2,1-4H3. The second-order valence-corrected chi connectivity index (χ2v) is 5.58. The summed E-state index contributed by atoms with van der Waals surface area (Å²) in [5.74, 6) is 0. The molecule has 0 aliphatic rings. The number of nitrogens with one attached hydrogen (secondary N) is 1. The summed E-state index contributed by atoms with van der Waals surface area (Å²) >= 11 is 6.04. The summed E-state index contributed by atoms with van der Waals surface area (Å²) in [5.41, 5.74) is 4.85. The molecule has 0 saturated heterocycles. The van der Waals surface area contributed by atoms with Gasteiger partial charge in [-0.15, -0.1) is 0 Å². The molecule has 1 N–H and O–H groups in total. The predicted molar refractivity (Wildman–Crippen MR) is 84.3 cm³/mol. The van der Waals surface area contributed by atoms with Gasteiger partial charge in [0, 0.05) is 29.7 Å². The van der Waals surface area contributed by atoms with Crippen LogP contribution in [0.1, 0.15) is 35.5 Å². The van der Waals surface area contributed by atoms with E-state index in [2.05, 4.69) is 41.1 Å². The molecule has 0 bridgehead atoms. The summed E-state index contributed by atoms with van der Waals surface area (Å²) in [4.78, 5) is 0. The van der Waals surface area contributed by atoms with Gasteiger partial charge >= 0.3 is 0 Å². The summed E-state index contributed by atoms with van der Waals surface area (Å²) < 4.78 is 2.07. The Bertz CT molecular complexity index is 589. The number of rotatable bonds is 5. The minimum absolute atomic E-state index is 0.272. The number of halogens is 1. The van der Waals surface area contributed by atoms with Crippen LogP contribution < -0.4 is 5.32 Å². The largest absolute Gasteiger partial charge is 0.313 e. The molecule has 2 rings (SSSR count). The van der Waals surface area contributed by atoms with Gasteiger partial charge in [0.25, 0.3) is 0 Å². The molecule has 2 aromatic rings. The number of hydrogen-bond donors (Lipinski definition) is 1. The smallest absolute Gasteiger partial charge is 0.0596 e. The Morgan fingerprint density at radius 1 is 1.30 bits per heavy atom. The van der Waals surface area contributed by atoms with Gasteiger partial charge in [0.1, 0.15) is 0 Å². The van der Waals surface area contributed by atoms with Gasteiger partial charge in [-0.25, -0.2) is 0 Å². The van der Waals surface area contributed by atoms with Gasteiger partial charge in [-0.2, -0.15) is 5.10 Å². The molecule has 0 aliphatic heterocycles. The zero-order chi connectivity index (χ0) is 14.7. The fraction of sp³-hybridized carbons (Fsp3) is 0.438. The van der Waals surface area contributed by atoms with Crippen molar-refractivity contribution in [3.05, 3.63) is 51.8 Å². The molecule has 3 nitrogen and oxygen atoms in total. The molecule has 20 heavy (non-hydrogen) atoms. The second-order valence-electron chi connectivity index (χ2n) is 5.14. The maximum absolute atomic E-state index is 6.04. The summed E-state index contributed by atoms with van der Waals surface area (Å²) in [6.07, 6.45) is 0.924. The van der Waals surface area contributed by atoms with Crippen LogP contribution in [0.4, 0.5) is 0 Å². The van der Waals surface area contributed by atoms with E-state index in [9.17, 15) is 0 Å². The van der Waals surface area contributed by atoms with E-state index in [1.807, 2.05) is 26.1 Å². The van der Waals surface area contributed by atoms with E-state index in [0.717, 1.165) is 23.7 Å². The Labute approximate surface area is 126 Å². The Morgan fingerprint density at radius 2 is 2.05 bits per heavy atom. The third kappa shape index (κ3) is 3.22. The van der Waals surface area contributed by atoms with Crippen molar-refractivity contribution in [3.8, 4) is 0 Å². The van der Waals surface area contributed by atoms with E-state index in [1.165, 1.54) is 16.8 Å². The van der Waals surface area contributed by atoms with Crippen LogP contribution in [0.15, 0.2) is 24.3 Å². The van der Waals surface area contributed by atoms with Crippen LogP contribution in [0.5, 0.6) is 0 Å². The molecule has 0 amide bonds. The first-order valence-electron chi connectivity index (χ1n) is 7.01. The molecule has 4 heteroatoms. The number of aromatic nitrogens is 2. The van der Waals surface area contributed by atoms with Crippen molar-refractivity contribution >= 4 is 11.6 Å². The van der Waals surface area contributed by atoms with Crippen LogP contribution in [0.3, 0.4) is 0 Å². The lowest BCUT2D eigenvalue weighted by molar-refractivity contribution is 0.539. The SMILES string of the molecule is CCn1nc(C)cc1CC(NC)c1ccc(Cl)cc1C. The molecule has 0 radical (unpaired) electrons. The highest BCUT2D eigenvalue weighted by molar-refractivity contribution is 6.30. The normalized spacial score (nSPS) is 12.7. The molecule has 1 aromatic heterocycles. The lowest BCUT2D eigenvalue weighted by atomic mass is 9.97. The van der Waals surface area contributed by atoms with E-state index in [1.54, 1.807) is 0 Å². The Balaban J connectivity index is 2.28. The average molecular weight is 292 g/mol. The monoisotopic (exact) mass is 291 g/mol. The fourth-order valence-corrected chi connectivity index (χ4v) is 2.87. The topological polar surface area (TPSA) is 29.9 Å². The highest BCUT2D eigenvalue weighted by Gasteiger charge is 2.15. The van der Waals surface area contributed by atoms with Gasteiger partial charge in [0.15, 0.2) is 0 Å². The number of benzene rings is 1. The molecular formula is C16H22ClN3. The van der Waals surface area contributed by atoms with Crippen molar-refractivity contribution in [2.45, 2.75) is 39.8 Å². The molecule has 0 spiro atoms. The minimum atomic E-state index is 0.272.